The van der Waals surface area contributed by atoms with Gasteiger partial charge < -0.3 is 19.4 Å². The van der Waals surface area contributed by atoms with Gasteiger partial charge in [0, 0.05) is 57.9 Å². The van der Waals surface area contributed by atoms with Crippen LogP contribution in [0.15, 0.2) is 24.3 Å². The number of likely N-dealkylation sites (N-methyl/N-ethyl adjacent to an activating group) is 1. The number of rotatable bonds is 9. The maximum atomic E-state index is 14.0. The first-order valence-corrected chi connectivity index (χ1v) is 11.4. The lowest BCUT2D eigenvalue weighted by molar-refractivity contribution is -0.135. The minimum absolute atomic E-state index is 0.0943. The molecule has 0 radical (unpaired) electrons. The molecule has 1 aliphatic heterocycles. The van der Waals surface area contributed by atoms with Gasteiger partial charge in [-0.2, -0.15) is 5.10 Å². The van der Waals surface area contributed by atoms with Crippen LogP contribution in [0.2, 0.25) is 0 Å². The fourth-order valence-corrected chi connectivity index (χ4v) is 4.09. The van der Waals surface area contributed by atoms with Crippen LogP contribution in [0, 0.1) is 18.7 Å². The maximum absolute atomic E-state index is 14.0. The predicted octanol–water partition coefficient (Wildman–Crippen LogP) is 3.09. The number of hydrogen-bond acceptors (Lipinski definition) is 5. The molecule has 3 rings (SSSR count). The molecule has 1 fully saturated rings. The van der Waals surface area contributed by atoms with E-state index in [0.29, 0.717) is 25.4 Å². The summed E-state index contributed by atoms with van der Waals surface area (Å²) in [5.74, 6) is 0.679. The van der Waals surface area contributed by atoms with Crippen molar-refractivity contribution < 1.29 is 13.9 Å². The molecule has 2 heterocycles. The fraction of sp³-hybridized carbons (Fsp3) is 0.583. The molecule has 1 aromatic heterocycles. The minimum Gasteiger partial charge on any atom is -0.385 e. The van der Waals surface area contributed by atoms with Crippen LogP contribution in [-0.4, -0.2) is 79.0 Å². The van der Waals surface area contributed by atoms with Gasteiger partial charge in [-0.25, -0.2) is 9.07 Å². The molecule has 0 atom stereocenters. The topological polar surface area (TPSA) is 53.8 Å². The number of piperazine rings is 1. The van der Waals surface area contributed by atoms with Crippen molar-refractivity contribution in [3.63, 3.8) is 0 Å². The Labute approximate surface area is 190 Å². The number of anilines is 1. The summed E-state index contributed by atoms with van der Waals surface area (Å²) in [7, 11) is 3.79. The summed E-state index contributed by atoms with van der Waals surface area (Å²) in [5, 5.41) is 4.80. The van der Waals surface area contributed by atoms with Crippen LogP contribution in [-0.2, 0) is 16.1 Å². The third-order valence-electron chi connectivity index (χ3n) is 5.94. The maximum Gasteiger partial charge on any atom is 0.225 e. The van der Waals surface area contributed by atoms with Crippen LogP contribution in [0.25, 0.3) is 5.69 Å². The lowest BCUT2D eigenvalue weighted by Crippen LogP contribution is -2.45. The molecule has 0 saturated carbocycles. The highest BCUT2D eigenvalue weighted by atomic mass is 19.1. The summed E-state index contributed by atoms with van der Waals surface area (Å²) in [4.78, 5) is 19.5. The molecule has 0 N–H and O–H groups in total. The number of benzene rings is 1. The zero-order valence-corrected chi connectivity index (χ0v) is 20.0. The molecule has 1 saturated heterocycles. The molecule has 0 spiro atoms. The van der Waals surface area contributed by atoms with Crippen molar-refractivity contribution in [2.24, 2.45) is 5.92 Å². The van der Waals surface area contributed by atoms with Crippen molar-refractivity contribution >= 4 is 11.7 Å². The molecule has 1 amide bonds. The smallest absolute Gasteiger partial charge is 0.225 e. The van der Waals surface area contributed by atoms with Crippen LogP contribution in [0.4, 0.5) is 10.2 Å². The van der Waals surface area contributed by atoms with Gasteiger partial charge in [-0.15, -0.1) is 0 Å². The number of nitrogens with zero attached hydrogens (tertiary/aromatic N) is 5. The monoisotopic (exact) mass is 445 g/mol. The lowest BCUT2D eigenvalue weighted by atomic mass is 10.1. The van der Waals surface area contributed by atoms with E-state index >= 15 is 0 Å². The van der Waals surface area contributed by atoms with Gasteiger partial charge in [-0.05, 0) is 38.6 Å². The number of aromatic nitrogens is 2. The Morgan fingerprint density at radius 3 is 2.59 bits per heavy atom. The van der Waals surface area contributed by atoms with E-state index in [1.165, 1.54) is 12.1 Å². The van der Waals surface area contributed by atoms with Crippen molar-refractivity contribution in [3.8, 4) is 5.69 Å². The van der Waals surface area contributed by atoms with E-state index in [1.54, 1.807) is 13.2 Å². The molecule has 1 aromatic carbocycles. The first-order chi connectivity index (χ1) is 15.3. The highest BCUT2D eigenvalue weighted by Gasteiger charge is 2.27. The molecule has 0 unspecified atom stereocenters. The van der Waals surface area contributed by atoms with E-state index in [2.05, 4.69) is 16.8 Å². The molecule has 176 valence electrons. The molecule has 8 heteroatoms. The molecule has 32 heavy (non-hydrogen) atoms. The molecular formula is C24H36FN5O2. The number of carbonyl (C=O) groups excluding carboxylic acids is 1. The number of carbonyl (C=O) groups is 1. The van der Waals surface area contributed by atoms with Gasteiger partial charge in [0.25, 0.3) is 0 Å². The molecule has 0 bridgehead atoms. The average Bonchev–Trinajstić information content (AvgIpc) is 3.09. The van der Waals surface area contributed by atoms with Gasteiger partial charge in [0.05, 0.1) is 17.9 Å². The van der Waals surface area contributed by atoms with Crippen molar-refractivity contribution in [2.75, 3.05) is 58.4 Å². The second kappa shape index (κ2) is 10.9. The van der Waals surface area contributed by atoms with Crippen LogP contribution < -0.4 is 4.90 Å². The number of aryl methyl sites for hydroxylation is 1. The molecular weight excluding hydrogens is 409 g/mol. The summed E-state index contributed by atoms with van der Waals surface area (Å²) >= 11 is 0. The molecule has 0 aliphatic carbocycles. The van der Waals surface area contributed by atoms with E-state index in [0.717, 1.165) is 49.7 Å². The van der Waals surface area contributed by atoms with Crippen molar-refractivity contribution in [2.45, 2.75) is 33.7 Å². The van der Waals surface area contributed by atoms with Crippen molar-refractivity contribution in [1.29, 1.82) is 0 Å². The zero-order valence-electron chi connectivity index (χ0n) is 20.0. The fourth-order valence-electron chi connectivity index (χ4n) is 4.09. The van der Waals surface area contributed by atoms with Gasteiger partial charge in [-0.3, -0.25) is 4.79 Å². The molecule has 1 aliphatic rings. The number of ether oxygens (including phenoxy) is 1. The average molecular weight is 446 g/mol. The predicted molar refractivity (Wildman–Crippen MR) is 125 cm³/mol. The normalized spacial score (nSPS) is 14.9. The number of amides is 1. The van der Waals surface area contributed by atoms with Gasteiger partial charge in [0.2, 0.25) is 5.91 Å². The van der Waals surface area contributed by atoms with Gasteiger partial charge in [-0.1, -0.05) is 19.9 Å². The van der Waals surface area contributed by atoms with Crippen molar-refractivity contribution in [1.82, 2.24) is 19.6 Å². The molecule has 2 aromatic rings. The Morgan fingerprint density at radius 1 is 1.25 bits per heavy atom. The second-order valence-corrected chi connectivity index (χ2v) is 8.83. The second-order valence-electron chi connectivity index (χ2n) is 8.83. The Bertz CT molecular complexity index is 906. The van der Waals surface area contributed by atoms with Gasteiger partial charge in [0.1, 0.15) is 11.6 Å². The van der Waals surface area contributed by atoms with E-state index in [1.807, 2.05) is 36.4 Å². The van der Waals surface area contributed by atoms with Crippen LogP contribution in [0.3, 0.4) is 0 Å². The standard InChI is InChI=1S/C24H36FN5O2/c1-18(2)24(31)29(10-7-15-32-5)17-22-19(3)26-30(21-9-6-8-20(25)16-21)23(22)28-13-11-27(4)12-14-28/h6,8-9,16,18H,7,10-15,17H2,1-5H3. The van der Waals surface area contributed by atoms with E-state index < -0.39 is 0 Å². The summed E-state index contributed by atoms with van der Waals surface area (Å²) in [5.41, 5.74) is 2.57. The van der Waals surface area contributed by atoms with E-state index in [-0.39, 0.29) is 17.6 Å². The number of hydrogen-bond donors (Lipinski definition) is 0. The Morgan fingerprint density at radius 2 is 1.97 bits per heavy atom. The summed E-state index contributed by atoms with van der Waals surface area (Å²) in [6.45, 7) is 11.1. The minimum atomic E-state index is -0.294. The summed E-state index contributed by atoms with van der Waals surface area (Å²) in [6.07, 6.45) is 0.774. The summed E-state index contributed by atoms with van der Waals surface area (Å²) in [6, 6.07) is 6.52. The Kier molecular flexibility index (Phi) is 8.26. The largest absolute Gasteiger partial charge is 0.385 e. The van der Waals surface area contributed by atoms with Crippen molar-refractivity contribution in [3.05, 3.63) is 41.3 Å². The Balaban J connectivity index is 2.02. The lowest BCUT2D eigenvalue weighted by Gasteiger charge is -2.35. The number of halogens is 1. The summed E-state index contributed by atoms with van der Waals surface area (Å²) < 4.78 is 21.1. The number of methoxy groups -OCH3 is 1. The first kappa shape index (κ1) is 24.2. The Hall–Kier alpha value is -2.45. The SMILES string of the molecule is COCCCN(Cc1c(C)nn(-c2cccc(F)c2)c1N1CCN(C)CC1)C(=O)C(C)C. The first-order valence-electron chi connectivity index (χ1n) is 11.4. The van der Waals surface area contributed by atoms with Gasteiger partial charge >= 0.3 is 0 Å². The third-order valence-corrected chi connectivity index (χ3v) is 5.94. The quantitative estimate of drug-likeness (QED) is 0.555. The van der Waals surface area contributed by atoms with Crippen LogP contribution in [0.5, 0.6) is 0 Å². The molecule has 7 nitrogen and oxygen atoms in total. The highest BCUT2D eigenvalue weighted by molar-refractivity contribution is 5.78. The van der Waals surface area contributed by atoms with Crippen LogP contribution >= 0.6 is 0 Å². The zero-order chi connectivity index (χ0) is 23.3. The third kappa shape index (κ3) is 5.66. The van der Waals surface area contributed by atoms with E-state index in [9.17, 15) is 9.18 Å². The van der Waals surface area contributed by atoms with Crippen LogP contribution in [0.1, 0.15) is 31.5 Å². The van der Waals surface area contributed by atoms with Gasteiger partial charge in [0.15, 0.2) is 0 Å². The highest BCUT2D eigenvalue weighted by Crippen LogP contribution is 2.30. The van der Waals surface area contributed by atoms with E-state index in [4.69, 9.17) is 9.84 Å².